The maximum absolute atomic E-state index is 11.8. The second-order valence-corrected chi connectivity index (χ2v) is 7.84. The van der Waals surface area contributed by atoms with Crippen LogP contribution in [0.2, 0.25) is 0 Å². The summed E-state index contributed by atoms with van der Waals surface area (Å²) >= 11 is 0. The monoisotopic (exact) mass is 342 g/mol. The van der Waals surface area contributed by atoms with Crippen LogP contribution in [0.5, 0.6) is 0 Å². The van der Waals surface area contributed by atoms with Gasteiger partial charge in [-0.2, -0.15) is 4.31 Å². The predicted octanol–water partition coefficient (Wildman–Crippen LogP) is -0.371. The minimum atomic E-state index is -3.23. The first kappa shape index (κ1) is 17.8. The van der Waals surface area contributed by atoms with Crippen molar-refractivity contribution in [2.45, 2.75) is 6.42 Å². The quantitative estimate of drug-likeness (QED) is 0.741. The van der Waals surface area contributed by atoms with Crippen LogP contribution < -0.4 is 0 Å². The number of carbonyl (C=O) groups is 1. The van der Waals surface area contributed by atoms with Crippen LogP contribution in [0.1, 0.15) is 16.2 Å². The van der Waals surface area contributed by atoms with Crippen molar-refractivity contribution in [1.82, 2.24) is 19.2 Å². The van der Waals surface area contributed by atoms with E-state index in [0.717, 1.165) is 0 Å². The van der Waals surface area contributed by atoms with E-state index in [4.69, 9.17) is 4.74 Å². The smallest absolute Gasteiger partial charge is 0.273 e. The third kappa shape index (κ3) is 4.95. The summed E-state index contributed by atoms with van der Waals surface area (Å²) < 4.78 is 30.4. The Morgan fingerprint density at radius 3 is 2.70 bits per heavy atom. The van der Waals surface area contributed by atoms with Gasteiger partial charge in [-0.3, -0.25) is 9.78 Å². The van der Waals surface area contributed by atoms with Gasteiger partial charge in [-0.25, -0.2) is 13.4 Å². The molecule has 1 aromatic rings. The summed E-state index contributed by atoms with van der Waals surface area (Å²) in [7, 11) is 0.0719. The zero-order valence-corrected chi connectivity index (χ0v) is 14.4. The fourth-order valence-corrected chi connectivity index (χ4v) is 3.26. The normalized spacial score (nSPS) is 20.0. The highest BCUT2D eigenvalue weighted by Gasteiger charge is 2.25. The third-order valence-electron chi connectivity index (χ3n) is 3.60. The number of rotatable bonds is 4. The van der Waals surface area contributed by atoms with Crippen molar-refractivity contribution >= 4 is 15.9 Å². The second-order valence-electron chi connectivity index (χ2n) is 5.86. The first-order chi connectivity index (χ1) is 10.8. The third-order valence-corrected chi connectivity index (χ3v) is 4.87. The van der Waals surface area contributed by atoms with E-state index in [0.29, 0.717) is 38.4 Å². The van der Waals surface area contributed by atoms with Gasteiger partial charge in [0.05, 0.1) is 31.4 Å². The number of aromatic nitrogens is 2. The number of carbonyl (C=O) groups excluding carboxylic acids is 1. The summed E-state index contributed by atoms with van der Waals surface area (Å²) in [6.45, 7) is 1.65. The molecular weight excluding hydrogens is 320 g/mol. The Balaban J connectivity index is 2.04. The second kappa shape index (κ2) is 7.33. The van der Waals surface area contributed by atoms with Crippen molar-refractivity contribution in [1.29, 1.82) is 0 Å². The van der Waals surface area contributed by atoms with E-state index in [9.17, 15) is 13.2 Å². The lowest BCUT2D eigenvalue weighted by Gasteiger charge is -2.20. The van der Waals surface area contributed by atoms with Gasteiger partial charge in [-0.15, -0.1) is 0 Å². The highest BCUT2D eigenvalue weighted by Crippen LogP contribution is 2.14. The lowest BCUT2D eigenvalue weighted by Crippen LogP contribution is -2.35. The molecule has 1 fully saturated rings. The van der Waals surface area contributed by atoms with Crippen molar-refractivity contribution in [3.8, 4) is 0 Å². The van der Waals surface area contributed by atoms with Gasteiger partial charge in [-0.1, -0.05) is 0 Å². The molecule has 2 rings (SSSR count). The highest BCUT2D eigenvalue weighted by molar-refractivity contribution is 7.88. The Labute approximate surface area is 136 Å². The van der Waals surface area contributed by atoms with E-state index in [1.165, 1.54) is 21.7 Å². The van der Waals surface area contributed by atoms with Gasteiger partial charge >= 0.3 is 0 Å². The number of hydrogen-bond donors (Lipinski definition) is 0. The van der Waals surface area contributed by atoms with E-state index < -0.39 is 10.0 Å². The molecule has 1 aromatic heterocycles. The molecule has 0 N–H and O–H groups in total. The molecule has 1 atom stereocenters. The van der Waals surface area contributed by atoms with Crippen molar-refractivity contribution in [2.24, 2.45) is 5.92 Å². The molecule has 1 saturated heterocycles. The average Bonchev–Trinajstić information content (AvgIpc) is 2.72. The largest absolute Gasteiger partial charge is 0.380 e. The minimum Gasteiger partial charge on any atom is -0.380 e. The fourth-order valence-electron chi connectivity index (χ4n) is 2.37. The number of ether oxygens (including phenoxy) is 1. The molecule has 0 aromatic carbocycles. The molecule has 1 aliphatic heterocycles. The van der Waals surface area contributed by atoms with Gasteiger partial charge in [0, 0.05) is 39.3 Å². The van der Waals surface area contributed by atoms with Gasteiger partial charge < -0.3 is 9.64 Å². The maximum Gasteiger partial charge on any atom is 0.273 e. The molecule has 8 nitrogen and oxygen atoms in total. The van der Waals surface area contributed by atoms with Gasteiger partial charge in [0.2, 0.25) is 10.0 Å². The zero-order valence-electron chi connectivity index (χ0n) is 13.6. The molecule has 2 heterocycles. The molecule has 0 bridgehead atoms. The molecule has 1 unspecified atom stereocenters. The Hall–Kier alpha value is -1.58. The number of hydrogen-bond acceptors (Lipinski definition) is 6. The fraction of sp³-hybridized carbons (Fsp3) is 0.643. The summed E-state index contributed by atoms with van der Waals surface area (Å²) in [5.74, 6) is -0.193. The molecule has 1 aliphatic rings. The van der Waals surface area contributed by atoms with Crippen molar-refractivity contribution in [3.05, 3.63) is 23.8 Å². The molecule has 0 saturated carbocycles. The summed E-state index contributed by atoms with van der Waals surface area (Å²) in [6.07, 6.45) is 4.77. The van der Waals surface area contributed by atoms with Crippen LogP contribution in [0.25, 0.3) is 0 Å². The lowest BCUT2D eigenvalue weighted by molar-refractivity contribution is 0.0821. The van der Waals surface area contributed by atoms with E-state index in [1.807, 2.05) is 0 Å². The Morgan fingerprint density at radius 1 is 1.39 bits per heavy atom. The van der Waals surface area contributed by atoms with E-state index in [1.54, 1.807) is 20.3 Å². The SMILES string of the molecule is CN(C)C(=O)c1cnc(CC2COCCN(S(C)(=O)=O)C2)cn1. The molecule has 9 heteroatoms. The van der Waals surface area contributed by atoms with E-state index >= 15 is 0 Å². The molecule has 0 spiro atoms. The topological polar surface area (TPSA) is 92.7 Å². The molecule has 0 aliphatic carbocycles. The van der Waals surface area contributed by atoms with E-state index in [2.05, 4.69) is 9.97 Å². The number of amides is 1. The molecule has 1 amide bonds. The first-order valence-corrected chi connectivity index (χ1v) is 9.17. The molecule has 128 valence electrons. The van der Waals surface area contributed by atoms with Crippen molar-refractivity contribution in [3.63, 3.8) is 0 Å². The summed E-state index contributed by atoms with van der Waals surface area (Å²) in [4.78, 5) is 21.6. The summed E-state index contributed by atoms with van der Waals surface area (Å²) in [6, 6.07) is 0. The van der Waals surface area contributed by atoms with Crippen LogP contribution in [-0.2, 0) is 21.2 Å². The number of sulfonamides is 1. The van der Waals surface area contributed by atoms with Gasteiger partial charge in [0.15, 0.2) is 0 Å². The maximum atomic E-state index is 11.8. The van der Waals surface area contributed by atoms with Crippen LogP contribution in [0, 0.1) is 5.92 Å². The van der Waals surface area contributed by atoms with Crippen molar-refractivity contribution in [2.75, 3.05) is 46.7 Å². The Bertz CT molecular complexity index is 645. The van der Waals surface area contributed by atoms with Crippen LogP contribution in [0.4, 0.5) is 0 Å². The van der Waals surface area contributed by atoms with Crippen LogP contribution >= 0.6 is 0 Å². The van der Waals surface area contributed by atoms with Gasteiger partial charge in [0.1, 0.15) is 5.69 Å². The Morgan fingerprint density at radius 2 is 2.13 bits per heavy atom. The highest BCUT2D eigenvalue weighted by atomic mass is 32.2. The van der Waals surface area contributed by atoms with Crippen LogP contribution in [0.3, 0.4) is 0 Å². The van der Waals surface area contributed by atoms with Gasteiger partial charge in [-0.05, 0) is 6.42 Å². The first-order valence-electron chi connectivity index (χ1n) is 7.33. The molecule has 23 heavy (non-hydrogen) atoms. The predicted molar refractivity (Wildman–Crippen MR) is 84.5 cm³/mol. The lowest BCUT2D eigenvalue weighted by atomic mass is 10.0. The van der Waals surface area contributed by atoms with Gasteiger partial charge in [0.25, 0.3) is 5.91 Å². The van der Waals surface area contributed by atoms with E-state index in [-0.39, 0.29) is 17.5 Å². The Kier molecular flexibility index (Phi) is 5.66. The zero-order chi connectivity index (χ0) is 17.0. The van der Waals surface area contributed by atoms with Crippen LogP contribution in [0.15, 0.2) is 12.4 Å². The minimum absolute atomic E-state index is 0.0110. The summed E-state index contributed by atoms with van der Waals surface area (Å²) in [5, 5.41) is 0. The van der Waals surface area contributed by atoms with Crippen LogP contribution in [-0.4, -0.2) is 80.2 Å². The summed E-state index contributed by atoms with van der Waals surface area (Å²) in [5.41, 5.74) is 0.998. The molecular formula is C14H22N4O4S. The standard InChI is InChI=1S/C14H22N4O4S/c1-17(2)14(19)13-8-15-12(7-16-13)6-11-9-18(23(3,20)21)4-5-22-10-11/h7-8,11H,4-6,9-10H2,1-3H3. The average molecular weight is 342 g/mol. The number of nitrogens with zero attached hydrogens (tertiary/aromatic N) is 4. The van der Waals surface area contributed by atoms with Crippen molar-refractivity contribution < 1.29 is 17.9 Å². The molecule has 0 radical (unpaired) electrons.